The van der Waals surface area contributed by atoms with E-state index in [0.717, 1.165) is 29.5 Å². The number of benzene rings is 1. The molecule has 3 atom stereocenters. The van der Waals surface area contributed by atoms with Gasteiger partial charge >= 0.3 is 0 Å². The number of rotatable bonds is 1. The van der Waals surface area contributed by atoms with Crippen molar-refractivity contribution in [3.63, 3.8) is 0 Å². The average Bonchev–Trinajstić information content (AvgIpc) is 2.33. The van der Waals surface area contributed by atoms with Gasteiger partial charge in [-0.3, -0.25) is 0 Å². The van der Waals surface area contributed by atoms with E-state index in [0.29, 0.717) is 6.04 Å². The molecule has 0 saturated carbocycles. The number of hydrogen-bond acceptors (Lipinski definition) is 2. The number of piperidine rings is 1. The van der Waals surface area contributed by atoms with Crippen molar-refractivity contribution < 1.29 is 0 Å². The van der Waals surface area contributed by atoms with Crippen LogP contribution in [0.1, 0.15) is 38.3 Å². The maximum absolute atomic E-state index is 8.99. The number of aryl methyl sites for hydroxylation is 1. The van der Waals surface area contributed by atoms with Crippen molar-refractivity contribution in [1.29, 1.82) is 5.26 Å². The van der Waals surface area contributed by atoms with Gasteiger partial charge < -0.3 is 4.90 Å². The lowest BCUT2D eigenvalue weighted by Crippen LogP contribution is -2.45. The molecular weight excluding hydrogens is 220 g/mol. The number of nitriles is 1. The molecule has 1 heterocycles. The van der Waals surface area contributed by atoms with E-state index in [9.17, 15) is 0 Å². The van der Waals surface area contributed by atoms with Crippen molar-refractivity contribution in [2.45, 2.75) is 40.2 Å². The average molecular weight is 242 g/mol. The van der Waals surface area contributed by atoms with Gasteiger partial charge in [0.05, 0.1) is 11.6 Å². The predicted octanol–water partition coefficient (Wildman–Crippen LogP) is 3.74. The first-order valence-corrected chi connectivity index (χ1v) is 6.80. The molecule has 1 aliphatic heterocycles. The lowest BCUT2D eigenvalue weighted by Gasteiger charge is -2.42. The van der Waals surface area contributed by atoms with E-state index in [-0.39, 0.29) is 0 Å². The molecule has 0 aliphatic carbocycles. The van der Waals surface area contributed by atoms with Gasteiger partial charge in [-0.05, 0) is 55.9 Å². The number of anilines is 1. The number of hydrogen-bond donors (Lipinski definition) is 0. The second-order valence-corrected chi connectivity index (χ2v) is 5.82. The third-order valence-corrected chi connectivity index (χ3v) is 4.26. The molecule has 1 aromatic carbocycles. The fraction of sp³-hybridized carbons (Fsp3) is 0.562. The fourth-order valence-electron chi connectivity index (χ4n) is 3.01. The molecule has 0 spiro atoms. The van der Waals surface area contributed by atoms with Gasteiger partial charge in [-0.1, -0.05) is 13.8 Å². The summed E-state index contributed by atoms with van der Waals surface area (Å²) >= 11 is 0. The minimum atomic E-state index is 0.577. The Bertz CT molecular complexity index is 472. The lowest BCUT2D eigenvalue weighted by atomic mass is 9.85. The summed E-state index contributed by atoms with van der Waals surface area (Å²) < 4.78 is 0. The van der Waals surface area contributed by atoms with Crippen LogP contribution in [-0.4, -0.2) is 12.6 Å². The van der Waals surface area contributed by atoms with Crippen LogP contribution in [-0.2, 0) is 0 Å². The van der Waals surface area contributed by atoms with Gasteiger partial charge in [-0.2, -0.15) is 5.26 Å². The zero-order valence-electron chi connectivity index (χ0n) is 11.8. The first kappa shape index (κ1) is 13.0. The molecule has 2 heteroatoms. The molecule has 2 rings (SSSR count). The summed E-state index contributed by atoms with van der Waals surface area (Å²) in [6, 6.07) is 9.00. The third-order valence-electron chi connectivity index (χ3n) is 4.26. The standard InChI is InChI=1S/C16H22N2/c1-11-7-12(2)14(4)18(10-11)16-6-5-15(9-17)13(3)8-16/h5-6,8,11-12,14H,7,10H2,1-4H3. The molecule has 1 saturated heterocycles. The molecule has 1 fully saturated rings. The van der Waals surface area contributed by atoms with Crippen LogP contribution in [0.15, 0.2) is 18.2 Å². The van der Waals surface area contributed by atoms with Crippen LogP contribution < -0.4 is 4.90 Å². The smallest absolute Gasteiger partial charge is 0.0994 e. The maximum Gasteiger partial charge on any atom is 0.0994 e. The Labute approximate surface area is 110 Å². The van der Waals surface area contributed by atoms with Crippen molar-refractivity contribution in [3.8, 4) is 6.07 Å². The van der Waals surface area contributed by atoms with Gasteiger partial charge in [0.1, 0.15) is 0 Å². The topological polar surface area (TPSA) is 27.0 Å². The van der Waals surface area contributed by atoms with E-state index < -0.39 is 0 Å². The summed E-state index contributed by atoms with van der Waals surface area (Å²) in [7, 11) is 0. The Morgan fingerprint density at radius 1 is 1.28 bits per heavy atom. The van der Waals surface area contributed by atoms with Crippen LogP contribution in [0, 0.1) is 30.1 Å². The minimum absolute atomic E-state index is 0.577. The normalized spacial score (nSPS) is 27.9. The van der Waals surface area contributed by atoms with Crippen molar-refractivity contribution >= 4 is 5.69 Å². The molecule has 3 unspecified atom stereocenters. The largest absolute Gasteiger partial charge is 0.368 e. The highest BCUT2D eigenvalue weighted by atomic mass is 15.2. The highest BCUT2D eigenvalue weighted by molar-refractivity contribution is 5.54. The fourth-order valence-corrected chi connectivity index (χ4v) is 3.01. The predicted molar refractivity (Wildman–Crippen MR) is 75.6 cm³/mol. The molecule has 0 N–H and O–H groups in total. The number of nitrogens with zero attached hydrogens (tertiary/aromatic N) is 2. The first-order valence-electron chi connectivity index (χ1n) is 6.80. The Morgan fingerprint density at radius 3 is 2.61 bits per heavy atom. The third kappa shape index (κ3) is 2.36. The molecule has 1 aliphatic rings. The van der Waals surface area contributed by atoms with Crippen LogP contribution in [0.3, 0.4) is 0 Å². The van der Waals surface area contributed by atoms with E-state index >= 15 is 0 Å². The summed E-state index contributed by atoms with van der Waals surface area (Å²) in [5.74, 6) is 1.47. The van der Waals surface area contributed by atoms with Crippen LogP contribution in [0.5, 0.6) is 0 Å². The summed E-state index contributed by atoms with van der Waals surface area (Å²) in [5, 5.41) is 8.99. The van der Waals surface area contributed by atoms with E-state index in [1.807, 2.05) is 13.0 Å². The van der Waals surface area contributed by atoms with Crippen LogP contribution in [0.4, 0.5) is 5.69 Å². The van der Waals surface area contributed by atoms with E-state index in [1.165, 1.54) is 12.1 Å². The Hall–Kier alpha value is -1.49. The molecule has 0 amide bonds. The van der Waals surface area contributed by atoms with Crippen molar-refractivity contribution in [2.24, 2.45) is 11.8 Å². The summed E-state index contributed by atoms with van der Waals surface area (Å²) in [4.78, 5) is 2.49. The van der Waals surface area contributed by atoms with E-state index in [4.69, 9.17) is 5.26 Å². The van der Waals surface area contributed by atoms with E-state index in [2.05, 4.69) is 43.9 Å². The van der Waals surface area contributed by atoms with Gasteiger partial charge in [0.2, 0.25) is 0 Å². The molecule has 1 aromatic rings. The Kier molecular flexibility index (Phi) is 3.61. The summed E-state index contributed by atoms with van der Waals surface area (Å²) in [5.41, 5.74) is 3.12. The molecule has 18 heavy (non-hydrogen) atoms. The second-order valence-electron chi connectivity index (χ2n) is 5.82. The van der Waals surface area contributed by atoms with Crippen LogP contribution in [0.2, 0.25) is 0 Å². The van der Waals surface area contributed by atoms with Gasteiger partial charge in [-0.15, -0.1) is 0 Å². The van der Waals surface area contributed by atoms with Gasteiger partial charge in [0, 0.05) is 18.3 Å². The molecule has 0 bridgehead atoms. The summed E-state index contributed by atoms with van der Waals surface area (Å²) in [6.07, 6.45) is 1.31. The molecule has 96 valence electrons. The highest BCUT2D eigenvalue weighted by Gasteiger charge is 2.28. The molecular formula is C16H22N2. The minimum Gasteiger partial charge on any atom is -0.368 e. The SMILES string of the molecule is Cc1cc(N2CC(C)CC(C)C2C)ccc1C#N. The van der Waals surface area contributed by atoms with E-state index in [1.54, 1.807) is 0 Å². The van der Waals surface area contributed by atoms with Crippen molar-refractivity contribution in [3.05, 3.63) is 29.3 Å². The van der Waals surface area contributed by atoms with Gasteiger partial charge in [-0.25, -0.2) is 0 Å². The molecule has 2 nitrogen and oxygen atoms in total. The van der Waals surface area contributed by atoms with Gasteiger partial charge in [0.15, 0.2) is 0 Å². The second kappa shape index (κ2) is 5.02. The quantitative estimate of drug-likeness (QED) is 0.750. The lowest BCUT2D eigenvalue weighted by molar-refractivity contribution is 0.297. The Morgan fingerprint density at radius 2 is 2.00 bits per heavy atom. The Balaban J connectivity index is 2.30. The van der Waals surface area contributed by atoms with Crippen molar-refractivity contribution in [1.82, 2.24) is 0 Å². The van der Waals surface area contributed by atoms with Crippen LogP contribution >= 0.6 is 0 Å². The van der Waals surface area contributed by atoms with Gasteiger partial charge in [0.25, 0.3) is 0 Å². The zero-order valence-corrected chi connectivity index (χ0v) is 11.8. The zero-order chi connectivity index (χ0) is 13.3. The summed E-state index contributed by atoms with van der Waals surface area (Å²) in [6.45, 7) is 10.1. The molecule has 0 radical (unpaired) electrons. The van der Waals surface area contributed by atoms with Crippen molar-refractivity contribution in [2.75, 3.05) is 11.4 Å². The van der Waals surface area contributed by atoms with Crippen LogP contribution in [0.25, 0.3) is 0 Å². The first-order chi connectivity index (χ1) is 8.52. The maximum atomic E-state index is 8.99. The highest BCUT2D eigenvalue weighted by Crippen LogP contribution is 2.32. The monoisotopic (exact) mass is 242 g/mol. The molecule has 0 aromatic heterocycles.